The first-order chi connectivity index (χ1) is 8.90. The third kappa shape index (κ3) is 3.15. The molecule has 0 saturated carbocycles. The fourth-order valence-electron chi connectivity index (χ4n) is 1.49. The van der Waals surface area contributed by atoms with Crippen LogP contribution in [0.15, 0.2) is 39.9 Å². The number of hydrogen-bond donors (Lipinski definition) is 1. The molecule has 0 aliphatic carbocycles. The Bertz CT molecular complexity index is 709. The van der Waals surface area contributed by atoms with Gasteiger partial charge in [0, 0.05) is 5.56 Å². The molecule has 0 radical (unpaired) electrons. The molecule has 1 aromatic heterocycles. The molecule has 0 atom stereocenters. The molecule has 0 spiro atoms. The Balaban J connectivity index is 2.30. The number of hydrogen-bond acceptors (Lipinski definition) is 4. The summed E-state index contributed by atoms with van der Waals surface area (Å²) in [7, 11) is -3.59. The largest absolute Gasteiger partial charge is 0.294 e. The van der Waals surface area contributed by atoms with Crippen LogP contribution in [0.1, 0.15) is 17.3 Å². The minimum absolute atomic E-state index is 0.169. The summed E-state index contributed by atoms with van der Waals surface area (Å²) in [6.07, 6.45) is 0. The van der Waals surface area contributed by atoms with Crippen molar-refractivity contribution in [3.8, 4) is 0 Å². The highest BCUT2D eigenvalue weighted by atomic mass is 35.5. The standard InChI is InChI=1S/C12H10ClNO3S2/c1-8(15)10-5-4-9(7-11(10)13)14-19(16,17)12-3-2-6-18-12/h2-7,14H,1H3. The van der Waals surface area contributed by atoms with Crippen LogP contribution in [0.2, 0.25) is 5.02 Å². The second-order valence-corrected chi connectivity index (χ2v) is 7.05. The summed E-state index contributed by atoms with van der Waals surface area (Å²) in [4.78, 5) is 11.2. The van der Waals surface area contributed by atoms with Crippen LogP contribution in [0.4, 0.5) is 5.69 Å². The Morgan fingerprint density at radius 3 is 2.58 bits per heavy atom. The molecule has 2 aromatic rings. The number of rotatable bonds is 4. The van der Waals surface area contributed by atoms with E-state index in [-0.39, 0.29) is 15.0 Å². The van der Waals surface area contributed by atoms with E-state index in [1.54, 1.807) is 11.4 Å². The van der Waals surface area contributed by atoms with Crippen LogP contribution in [0.5, 0.6) is 0 Å². The predicted octanol–water partition coefficient (Wildman–Crippen LogP) is 3.40. The lowest BCUT2D eigenvalue weighted by molar-refractivity contribution is 0.101. The van der Waals surface area contributed by atoms with Gasteiger partial charge < -0.3 is 0 Å². The fourth-order valence-corrected chi connectivity index (χ4v) is 3.84. The Labute approximate surface area is 120 Å². The van der Waals surface area contributed by atoms with Gasteiger partial charge in [0.25, 0.3) is 10.0 Å². The fraction of sp³-hybridized carbons (Fsp3) is 0.0833. The lowest BCUT2D eigenvalue weighted by atomic mass is 10.1. The molecule has 7 heteroatoms. The van der Waals surface area contributed by atoms with E-state index in [0.29, 0.717) is 11.3 Å². The average Bonchev–Trinajstić information content (AvgIpc) is 2.81. The van der Waals surface area contributed by atoms with Crippen LogP contribution >= 0.6 is 22.9 Å². The number of thiophene rings is 1. The number of halogens is 1. The summed E-state index contributed by atoms with van der Waals surface area (Å²) < 4.78 is 26.6. The smallest absolute Gasteiger partial charge is 0.271 e. The third-order valence-corrected chi connectivity index (χ3v) is 5.45. The van der Waals surface area contributed by atoms with Gasteiger partial charge in [-0.3, -0.25) is 9.52 Å². The summed E-state index contributed by atoms with van der Waals surface area (Å²) in [5.41, 5.74) is 0.684. The van der Waals surface area contributed by atoms with Gasteiger partial charge in [0.2, 0.25) is 0 Å². The monoisotopic (exact) mass is 315 g/mol. The van der Waals surface area contributed by atoms with Crippen molar-refractivity contribution in [3.05, 3.63) is 46.3 Å². The summed E-state index contributed by atoms with van der Waals surface area (Å²) >= 11 is 7.05. The lowest BCUT2D eigenvalue weighted by Gasteiger charge is -2.08. The molecule has 0 fully saturated rings. The molecular weight excluding hydrogens is 306 g/mol. The lowest BCUT2D eigenvalue weighted by Crippen LogP contribution is -2.11. The molecule has 2 rings (SSSR count). The topological polar surface area (TPSA) is 63.2 Å². The number of carbonyl (C=O) groups is 1. The van der Waals surface area contributed by atoms with Gasteiger partial charge in [-0.2, -0.15) is 0 Å². The highest BCUT2D eigenvalue weighted by Crippen LogP contribution is 2.24. The van der Waals surface area contributed by atoms with Crippen LogP contribution < -0.4 is 4.72 Å². The minimum atomic E-state index is -3.59. The Morgan fingerprint density at radius 1 is 1.32 bits per heavy atom. The number of benzene rings is 1. The first-order valence-corrected chi connectivity index (χ1v) is 8.01. The van der Waals surface area contributed by atoms with Gasteiger partial charge >= 0.3 is 0 Å². The second kappa shape index (κ2) is 5.32. The first kappa shape index (κ1) is 14.0. The maximum absolute atomic E-state index is 12.0. The van der Waals surface area contributed by atoms with Crippen molar-refractivity contribution in [1.29, 1.82) is 0 Å². The van der Waals surface area contributed by atoms with Crippen molar-refractivity contribution in [2.75, 3.05) is 4.72 Å². The van der Waals surface area contributed by atoms with Crippen LogP contribution in [-0.2, 0) is 10.0 Å². The maximum Gasteiger partial charge on any atom is 0.271 e. The van der Waals surface area contributed by atoms with Crippen molar-refractivity contribution >= 4 is 44.4 Å². The Morgan fingerprint density at radius 2 is 2.05 bits per heavy atom. The van der Waals surface area contributed by atoms with E-state index >= 15 is 0 Å². The van der Waals surface area contributed by atoms with Crippen LogP contribution in [0.25, 0.3) is 0 Å². The van der Waals surface area contributed by atoms with E-state index in [9.17, 15) is 13.2 Å². The number of ketones is 1. The second-order valence-electron chi connectivity index (χ2n) is 3.79. The number of anilines is 1. The van der Waals surface area contributed by atoms with Gasteiger partial charge in [0.1, 0.15) is 4.21 Å². The number of Topliss-reactive ketones (excluding diaryl/α,β-unsaturated/α-hetero) is 1. The van der Waals surface area contributed by atoms with Gasteiger partial charge in [0.05, 0.1) is 10.7 Å². The van der Waals surface area contributed by atoms with Crippen LogP contribution in [0, 0.1) is 0 Å². The highest BCUT2D eigenvalue weighted by molar-refractivity contribution is 7.94. The van der Waals surface area contributed by atoms with E-state index in [0.717, 1.165) is 11.3 Å². The van der Waals surface area contributed by atoms with Gasteiger partial charge in [-0.15, -0.1) is 11.3 Å². The van der Waals surface area contributed by atoms with Crippen LogP contribution in [0.3, 0.4) is 0 Å². The molecular formula is C12H10ClNO3S2. The molecule has 100 valence electrons. The van der Waals surface area contributed by atoms with Gasteiger partial charge in [-0.05, 0) is 36.6 Å². The summed E-state index contributed by atoms with van der Waals surface area (Å²) in [5, 5.41) is 1.90. The number of carbonyl (C=O) groups excluding carboxylic acids is 1. The summed E-state index contributed by atoms with van der Waals surface area (Å²) in [6, 6.07) is 7.59. The van der Waals surface area contributed by atoms with Crippen LogP contribution in [-0.4, -0.2) is 14.2 Å². The highest BCUT2D eigenvalue weighted by Gasteiger charge is 2.16. The van der Waals surface area contributed by atoms with Crippen molar-refractivity contribution in [3.63, 3.8) is 0 Å². The molecule has 0 aliphatic heterocycles. The molecule has 19 heavy (non-hydrogen) atoms. The van der Waals surface area contributed by atoms with E-state index in [1.165, 1.54) is 31.2 Å². The molecule has 0 unspecified atom stereocenters. The zero-order valence-corrected chi connectivity index (χ0v) is 12.3. The van der Waals surface area contributed by atoms with Gasteiger partial charge in [-0.1, -0.05) is 17.7 Å². The molecule has 1 heterocycles. The summed E-state index contributed by atoms with van der Waals surface area (Å²) in [5.74, 6) is -0.169. The third-order valence-electron chi connectivity index (χ3n) is 2.36. The molecule has 0 aliphatic rings. The van der Waals surface area contributed by atoms with Gasteiger partial charge in [-0.25, -0.2) is 8.42 Å². The number of nitrogens with one attached hydrogen (secondary N) is 1. The molecule has 4 nitrogen and oxygen atoms in total. The molecule has 0 amide bonds. The zero-order chi connectivity index (χ0) is 14.0. The van der Waals surface area contributed by atoms with E-state index in [2.05, 4.69) is 4.72 Å². The average molecular weight is 316 g/mol. The normalized spacial score (nSPS) is 11.3. The van der Waals surface area contributed by atoms with Crippen molar-refractivity contribution in [1.82, 2.24) is 0 Å². The maximum atomic E-state index is 12.0. The van der Waals surface area contributed by atoms with Crippen molar-refractivity contribution in [2.45, 2.75) is 11.1 Å². The van der Waals surface area contributed by atoms with E-state index in [1.807, 2.05) is 0 Å². The molecule has 1 aromatic carbocycles. The SMILES string of the molecule is CC(=O)c1ccc(NS(=O)(=O)c2cccs2)cc1Cl. The Kier molecular flexibility index (Phi) is 3.93. The molecule has 0 saturated heterocycles. The molecule has 1 N–H and O–H groups in total. The van der Waals surface area contributed by atoms with Crippen molar-refractivity contribution < 1.29 is 13.2 Å². The Hall–Kier alpha value is -1.37. The van der Waals surface area contributed by atoms with E-state index in [4.69, 9.17) is 11.6 Å². The zero-order valence-electron chi connectivity index (χ0n) is 9.88. The van der Waals surface area contributed by atoms with Crippen molar-refractivity contribution in [2.24, 2.45) is 0 Å². The molecule has 0 bridgehead atoms. The van der Waals surface area contributed by atoms with Gasteiger partial charge in [0.15, 0.2) is 5.78 Å². The summed E-state index contributed by atoms with van der Waals surface area (Å²) in [6.45, 7) is 1.40. The minimum Gasteiger partial charge on any atom is -0.294 e. The predicted molar refractivity (Wildman–Crippen MR) is 76.6 cm³/mol. The first-order valence-electron chi connectivity index (χ1n) is 5.27. The van der Waals surface area contributed by atoms with E-state index < -0.39 is 10.0 Å². The number of sulfonamides is 1. The quantitative estimate of drug-likeness (QED) is 0.879.